The van der Waals surface area contributed by atoms with Crippen molar-refractivity contribution in [2.75, 3.05) is 31.4 Å². The Morgan fingerprint density at radius 3 is 2.61 bits per heavy atom. The van der Waals surface area contributed by atoms with Gasteiger partial charge in [-0.2, -0.15) is 0 Å². The average Bonchev–Trinajstić information content (AvgIpc) is 2.57. The minimum Gasteiger partial charge on any atom is -0.497 e. The number of nitrogens with one attached hydrogen (secondary N) is 2. The largest absolute Gasteiger partial charge is 0.497 e. The molecule has 0 saturated carbocycles. The molecular weight excluding hydrogens is 316 g/mol. The molecule has 0 unspecified atom stereocenters. The van der Waals surface area contributed by atoms with Crippen LogP contribution in [0.4, 0.5) is 11.4 Å². The van der Waals surface area contributed by atoms with Gasteiger partial charge in [-0.05, 0) is 36.8 Å². The Bertz CT molecular complexity index is 704. The summed E-state index contributed by atoms with van der Waals surface area (Å²) < 4.78 is 10.4. The van der Waals surface area contributed by atoms with Crippen molar-refractivity contribution in [1.82, 2.24) is 0 Å². The number of methoxy groups -OCH3 is 2. The van der Waals surface area contributed by atoms with E-state index in [9.17, 15) is 4.79 Å². The zero-order valence-electron chi connectivity index (χ0n) is 13.3. The van der Waals surface area contributed by atoms with Crippen LogP contribution in [0, 0.1) is 6.92 Å². The van der Waals surface area contributed by atoms with Crippen LogP contribution in [-0.4, -0.2) is 26.7 Å². The highest BCUT2D eigenvalue weighted by molar-refractivity contribution is 6.31. The molecule has 0 radical (unpaired) electrons. The number of hydrogen-bond acceptors (Lipinski definition) is 4. The van der Waals surface area contributed by atoms with Crippen LogP contribution in [0.1, 0.15) is 5.56 Å². The van der Waals surface area contributed by atoms with Gasteiger partial charge in [0, 0.05) is 16.8 Å². The summed E-state index contributed by atoms with van der Waals surface area (Å²) in [6.07, 6.45) is 0. The molecule has 0 aliphatic carbocycles. The highest BCUT2D eigenvalue weighted by Crippen LogP contribution is 2.29. The molecule has 0 atom stereocenters. The molecule has 1 amide bonds. The third-order valence-electron chi connectivity index (χ3n) is 3.39. The average molecular weight is 335 g/mol. The molecule has 0 aromatic heterocycles. The van der Waals surface area contributed by atoms with Crippen LogP contribution in [0.3, 0.4) is 0 Å². The second-order valence-corrected chi connectivity index (χ2v) is 5.29. The first-order valence-corrected chi connectivity index (χ1v) is 7.43. The molecular formula is C17H19ClN2O3. The standard InChI is InChI=1S/C17H19ClN2O3/c1-11-13(18)5-4-6-14(11)20-17(21)10-19-15-8-7-12(22-2)9-16(15)23-3/h4-9,19H,10H2,1-3H3,(H,20,21). The summed E-state index contributed by atoms with van der Waals surface area (Å²) in [4.78, 5) is 12.1. The fourth-order valence-electron chi connectivity index (χ4n) is 2.06. The molecule has 2 aromatic carbocycles. The molecule has 122 valence electrons. The summed E-state index contributed by atoms with van der Waals surface area (Å²) in [5, 5.41) is 6.49. The van der Waals surface area contributed by atoms with Crippen molar-refractivity contribution in [3.05, 3.63) is 47.0 Å². The van der Waals surface area contributed by atoms with E-state index in [-0.39, 0.29) is 12.5 Å². The maximum Gasteiger partial charge on any atom is 0.243 e. The smallest absolute Gasteiger partial charge is 0.243 e. The number of halogens is 1. The Hall–Kier alpha value is -2.40. The fourth-order valence-corrected chi connectivity index (χ4v) is 2.23. The molecule has 23 heavy (non-hydrogen) atoms. The van der Waals surface area contributed by atoms with Gasteiger partial charge in [-0.1, -0.05) is 17.7 Å². The summed E-state index contributed by atoms with van der Waals surface area (Å²) in [6, 6.07) is 10.7. The van der Waals surface area contributed by atoms with E-state index in [1.165, 1.54) is 0 Å². The van der Waals surface area contributed by atoms with Crippen molar-refractivity contribution >= 4 is 28.9 Å². The third-order valence-corrected chi connectivity index (χ3v) is 3.80. The van der Waals surface area contributed by atoms with Crippen molar-refractivity contribution < 1.29 is 14.3 Å². The molecule has 2 N–H and O–H groups in total. The van der Waals surface area contributed by atoms with E-state index in [2.05, 4.69) is 10.6 Å². The molecule has 0 fully saturated rings. The van der Waals surface area contributed by atoms with Crippen molar-refractivity contribution in [1.29, 1.82) is 0 Å². The van der Waals surface area contributed by atoms with E-state index in [1.807, 2.05) is 13.0 Å². The number of hydrogen-bond donors (Lipinski definition) is 2. The lowest BCUT2D eigenvalue weighted by Crippen LogP contribution is -2.22. The van der Waals surface area contributed by atoms with Crippen LogP contribution in [0.15, 0.2) is 36.4 Å². The van der Waals surface area contributed by atoms with Crippen LogP contribution < -0.4 is 20.1 Å². The van der Waals surface area contributed by atoms with E-state index in [0.29, 0.717) is 27.9 Å². The van der Waals surface area contributed by atoms with Crippen LogP contribution in [0.5, 0.6) is 11.5 Å². The van der Waals surface area contributed by atoms with Crippen LogP contribution in [-0.2, 0) is 4.79 Å². The molecule has 0 aliphatic rings. The summed E-state index contributed by atoms with van der Waals surface area (Å²) in [7, 11) is 3.15. The van der Waals surface area contributed by atoms with Gasteiger partial charge >= 0.3 is 0 Å². The SMILES string of the molecule is COc1ccc(NCC(=O)Nc2cccc(Cl)c2C)c(OC)c1. The van der Waals surface area contributed by atoms with Crippen LogP contribution in [0.2, 0.25) is 5.02 Å². The lowest BCUT2D eigenvalue weighted by atomic mass is 10.2. The molecule has 6 heteroatoms. The van der Waals surface area contributed by atoms with Gasteiger partial charge in [0.15, 0.2) is 0 Å². The Morgan fingerprint density at radius 1 is 1.13 bits per heavy atom. The summed E-state index contributed by atoms with van der Waals surface area (Å²) >= 11 is 6.04. The Balaban J connectivity index is 2.00. The van der Waals surface area contributed by atoms with Gasteiger partial charge in [-0.15, -0.1) is 0 Å². The molecule has 0 heterocycles. The maximum atomic E-state index is 12.1. The van der Waals surface area contributed by atoms with Gasteiger partial charge in [0.25, 0.3) is 0 Å². The van der Waals surface area contributed by atoms with E-state index in [0.717, 1.165) is 5.56 Å². The minimum absolute atomic E-state index is 0.106. The lowest BCUT2D eigenvalue weighted by molar-refractivity contribution is -0.114. The number of carbonyl (C=O) groups excluding carboxylic acids is 1. The van der Waals surface area contributed by atoms with Gasteiger partial charge in [0.05, 0.1) is 26.5 Å². The zero-order chi connectivity index (χ0) is 16.8. The van der Waals surface area contributed by atoms with E-state index in [4.69, 9.17) is 21.1 Å². The number of carbonyl (C=O) groups is 1. The number of anilines is 2. The molecule has 2 rings (SSSR count). The second kappa shape index (κ2) is 7.74. The summed E-state index contributed by atoms with van der Waals surface area (Å²) in [5.41, 5.74) is 2.25. The van der Waals surface area contributed by atoms with Crippen molar-refractivity contribution in [2.45, 2.75) is 6.92 Å². The fraction of sp³-hybridized carbons (Fsp3) is 0.235. The maximum absolute atomic E-state index is 12.1. The first kappa shape index (κ1) is 17.0. The molecule has 2 aromatic rings. The number of rotatable bonds is 6. The van der Waals surface area contributed by atoms with Gasteiger partial charge < -0.3 is 20.1 Å². The molecule has 5 nitrogen and oxygen atoms in total. The highest BCUT2D eigenvalue weighted by Gasteiger charge is 2.09. The zero-order valence-corrected chi connectivity index (χ0v) is 14.0. The number of benzene rings is 2. The highest BCUT2D eigenvalue weighted by atomic mass is 35.5. The minimum atomic E-state index is -0.173. The van der Waals surface area contributed by atoms with Crippen molar-refractivity contribution in [2.24, 2.45) is 0 Å². The van der Waals surface area contributed by atoms with Gasteiger partial charge in [-0.3, -0.25) is 4.79 Å². The second-order valence-electron chi connectivity index (χ2n) is 4.88. The normalized spacial score (nSPS) is 10.1. The van der Waals surface area contributed by atoms with Crippen molar-refractivity contribution in [3.63, 3.8) is 0 Å². The van der Waals surface area contributed by atoms with Crippen LogP contribution in [0.25, 0.3) is 0 Å². The molecule has 0 saturated heterocycles. The first-order chi connectivity index (χ1) is 11.0. The molecule has 0 bridgehead atoms. The van der Waals surface area contributed by atoms with Gasteiger partial charge in [0.1, 0.15) is 11.5 Å². The van der Waals surface area contributed by atoms with E-state index in [1.54, 1.807) is 44.6 Å². The molecule has 0 aliphatic heterocycles. The van der Waals surface area contributed by atoms with Crippen molar-refractivity contribution in [3.8, 4) is 11.5 Å². The van der Waals surface area contributed by atoms with Crippen LogP contribution >= 0.6 is 11.6 Å². The van der Waals surface area contributed by atoms with Gasteiger partial charge in [0.2, 0.25) is 5.91 Å². The first-order valence-electron chi connectivity index (χ1n) is 7.06. The third kappa shape index (κ3) is 4.29. The van der Waals surface area contributed by atoms with Gasteiger partial charge in [-0.25, -0.2) is 0 Å². The quantitative estimate of drug-likeness (QED) is 0.845. The Labute approximate surface area is 140 Å². The lowest BCUT2D eigenvalue weighted by Gasteiger charge is -2.13. The number of amides is 1. The van der Waals surface area contributed by atoms with E-state index < -0.39 is 0 Å². The molecule has 0 spiro atoms. The summed E-state index contributed by atoms with van der Waals surface area (Å²) in [5.74, 6) is 1.12. The predicted octanol–water partition coefficient (Wildman–Crippen LogP) is 3.72. The Morgan fingerprint density at radius 2 is 1.91 bits per heavy atom. The summed E-state index contributed by atoms with van der Waals surface area (Å²) in [6.45, 7) is 1.96. The predicted molar refractivity (Wildman–Crippen MR) is 92.9 cm³/mol. The van der Waals surface area contributed by atoms with E-state index >= 15 is 0 Å². The monoisotopic (exact) mass is 334 g/mol. The topological polar surface area (TPSA) is 59.6 Å². The number of ether oxygens (including phenoxy) is 2. The Kier molecular flexibility index (Phi) is 5.71.